The second-order valence-corrected chi connectivity index (χ2v) is 5.75. The minimum Gasteiger partial charge on any atom is -0.478 e. The van der Waals surface area contributed by atoms with Crippen molar-refractivity contribution in [3.8, 4) is 0 Å². The van der Waals surface area contributed by atoms with Crippen LogP contribution in [-0.2, 0) is 4.74 Å². The summed E-state index contributed by atoms with van der Waals surface area (Å²) in [6, 6.07) is 1.33. The highest BCUT2D eigenvalue weighted by atomic mass is 35.5. The molecule has 19 heavy (non-hydrogen) atoms. The van der Waals surface area contributed by atoms with Crippen LogP contribution < -0.4 is 4.90 Å². The first kappa shape index (κ1) is 14.4. The van der Waals surface area contributed by atoms with Crippen molar-refractivity contribution in [3.05, 3.63) is 21.8 Å². The van der Waals surface area contributed by atoms with Crippen LogP contribution >= 0.6 is 23.2 Å². The first-order valence-corrected chi connectivity index (χ1v) is 6.54. The third-order valence-electron chi connectivity index (χ3n) is 2.86. The molecule has 0 aromatic carbocycles. The van der Waals surface area contributed by atoms with Crippen molar-refractivity contribution in [3.63, 3.8) is 0 Å². The number of carboxylic acid groups (broad SMARTS) is 1. The summed E-state index contributed by atoms with van der Waals surface area (Å²) < 4.78 is 5.60. The van der Waals surface area contributed by atoms with Gasteiger partial charge in [0.1, 0.15) is 16.5 Å². The Morgan fingerprint density at radius 2 is 2.21 bits per heavy atom. The molecule has 0 amide bonds. The van der Waals surface area contributed by atoms with E-state index in [1.807, 2.05) is 18.7 Å². The number of halogens is 2. The monoisotopic (exact) mass is 304 g/mol. The molecule has 2 rings (SSSR count). The van der Waals surface area contributed by atoms with Gasteiger partial charge in [0.2, 0.25) is 0 Å². The molecule has 0 atom stereocenters. The minimum absolute atomic E-state index is 0.0243. The van der Waals surface area contributed by atoms with Gasteiger partial charge in [0.25, 0.3) is 0 Å². The normalized spacial score (nSPS) is 18.4. The van der Waals surface area contributed by atoms with Crippen molar-refractivity contribution in [2.75, 3.05) is 24.6 Å². The topological polar surface area (TPSA) is 62.7 Å². The Bertz CT molecular complexity index is 520. The smallest absolute Gasteiger partial charge is 0.341 e. The molecule has 1 aromatic rings. The molecule has 0 saturated carbocycles. The predicted molar refractivity (Wildman–Crippen MR) is 73.5 cm³/mol. The lowest BCUT2D eigenvalue weighted by atomic mass is 10.1. The van der Waals surface area contributed by atoms with Gasteiger partial charge >= 0.3 is 5.97 Å². The lowest BCUT2D eigenvalue weighted by Crippen LogP contribution is -2.49. The predicted octanol–water partition coefficient (Wildman–Crippen LogP) is 2.70. The number of nitrogens with zero attached hydrogens (tertiary/aromatic N) is 2. The number of pyridine rings is 1. The van der Waals surface area contributed by atoms with Gasteiger partial charge in [-0.2, -0.15) is 0 Å². The van der Waals surface area contributed by atoms with Crippen molar-refractivity contribution < 1.29 is 14.6 Å². The van der Waals surface area contributed by atoms with Crippen LogP contribution in [0.4, 0.5) is 5.82 Å². The zero-order chi connectivity index (χ0) is 14.2. The molecule has 1 N–H and O–H groups in total. The number of ether oxygens (including phenoxy) is 1. The van der Waals surface area contributed by atoms with E-state index in [0.29, 0.717) is 25.5 Å². The highest BCUT2D eigenvalue weighted by molar-refractivity contribution is 6.36. The molecular weight excluding hydrogens is 291 g/mol. The highest BCUT2D eigenvalue weighted by Gasteiger charge is 2.31. The summed E-state index contributed by atoms with van der Waals surface area (Å²) in [5.74, 6) is -0.824. The van der Waals surface area contributed by atoms with Crippen molar-refractivity contribution in [2.45, 2.75) is 19.4 Å². The first-order chi connectivity index (χ1) is 8.80. The van der Waals surface area contributed by atoms with Gasteiger partial charge in [-0.05, 0) is 19.9 Å². The molecule has 1 saturated heterocycles. The number of hydrogen-bond acceptors (Lipinski definition) is 4. The van der Waals surface area contributed by atoms with Crippen molar-refractivity contribution >= 4 is 35.0 Å². The Hall–Kier alpha value is -1.04. The van der Waals surface area contributed by atoms with Crippen LogP contribution in [0.1, 0.15) is 24.2 Å². The minimum atomic E-state index is -1.12. The summed E-state index contributed by atoms with van der Waals surface area (Å²) in [5, 5.41) is 9.54. The number of hydrogen-bond donors (Lipinski definition) is 1. The number of anilines is 1. The van der Waals surface area contributed by atoms with Crippen LogP contribution in [0.3, 0.4) is 0 Å². The maximum atomic E-state index is 11.3. The van der Waals surface area contributed by atoms with E-state index in [-0.39, 0.29) is 21.3 Å². The van der Waals surface area contributed by atoms with Crippen LogP contribution in [0, 0.1) is 0 Å². The largest absolute Gasteiger partial charge is 0.478 e. The second-order valence-electron chi connectivity index (χ2n) is 4.96. The molecule has 0 radical (unpaired) electrons. The summed E-state index contributed by atoms with van der Waals surface area (Å²) in [5.41, 5.74) is -0.395. The summed E-state index contributed by atoms with van der Waals surface area (Å²) in [6.45, 7) is 5.44. The fraction of sp³-hybridized carbons (Fsp3) is 0.500. The van der Waals surface area contributed by atoms with Gasteiger partial charge in [-0.15, -0.1) is 0 Å². The molecule has 7 heteroatoms. The molecule has 1 fully saturated rings. The van der Waals surface area contributed by atoms with Gasteiger partial charge in [0.15, 0.2) is 0 Å². The Morgan fingerprint density at radius 3 is 2.79 bits per heavy atom. The van der Waals surface area contributed by atoms with E-state index in [9.17, 15) is 9.90 Å². The highest BCUT2D eigenvalue weighted by Crippen LogP contribution is 2.31. The molecule has 5 nitrogen and oxygen atoms in total. The molecule has 0 bridgehead atoms. The van der Waals surface area contributed by atoms with Crippen LogP contribution in [0.2, 0.25) is 10.2 Å². The first-order valence-electron chi connectivity index (χ1n) is 5.78. The Kier molecular flexibility index (Phi) is 3.90. The summed E-state index contributed by atoms with van der Waals surface area (Å²) in [4.78, 5) is 17.3. The fourth-order valence-electron chi connectivity index (χ4n) is 2.10. The third kappa shape index (κ3) is 3.11. The summed E-state index contributed by atoms with van der Waals surface area (Å²) in [6.07, 6.45) is 0. The third-order valence-corrected chi connectivity index (χ3v) is 3.35. The van der Waals surface area contributed by atoms with E-state index in [2.05, 4.69) is 4.98 Å². The molecule has 1 aromatic heterocycles. The van der Waals surface area contributed by atoms with Gasteiger partial charge in [-0.25, -0.2) is 9.78 Å². The number of rotatable bonds is 2. The Labute approximate surface area is 121 Å². The lowest BCUT2D eigenvalue weighted by Gasteiger charge is -2.39. The van der Waals surface area contributed by atoms with Gasteiger partial charge in [-0.3, -0.25) is 0 Å². The molecule has 1 aliphatic rings. The van der Waals surface area contributed by atoms with E-state index in [0.717, 1.165) is 0 Å². The van der Waals surface area contributed by atoms with Crippen LogP contribution in [0.15, 0.2) is 6.07 Å². The maximum Gasteiger partial charge on any atom is 0.341 e. The standard InChI is InChI=1S/C12H14Cl2N2O3/c1-12(2)6-16(3-4-19-12)10-9(11(17)18)7(13)5-8(14)15-10/h5H,3-4,6H2,1-2H3,(H,17,18). The number of carbonyl (C=O) groups is 1. The molecule has 0 spiro atoms. The van der Waals surface area contributed by atoms with E-state index in [4.69, 9.17) is 27.9 Å². The molecular formula is C12H14Cl2N2O3. The van der Waals surface area contributed by atoms with E-state index in [1.165, 1.54) is 6.07 Å². The number of morpholine rings is 1. The number of carboxylic acids is 1. The van der Waals surface area contributed by atoms with Gasteiger partial charge in [-0.1, -0.05) is 23.2 Å². The molecule has 104 valence electrons. The van der Waals surface area contributed by atoms with Crippen molar-refractivity contribution in [2.24, 2.45) is 0 Å². The van der Waals surface area contributed by atoms with Crippen molar-refractivity contribution in [1.29, 1.82) is 0 Å². The number of aromatic carboxylic acids is 1. The van der Waals surface area contributed by atoms with E-state index >= 15 is 0 Å². The maximum absolute atomic E-state index is 11.3. The molecule has 2 heterocycles. The van der Waals surface area contributed by atoms with Gasteiger partial charge in [0.05, 0.1) is 17.2 Å². The zero-order valence-corrected chi connectivity index (χ0v) is 12.1. The quantitative estimate of drug-likeness (QED) is 0.851. The van der Waals surface area contributed by atoms with Gasteiger partial charge < -0.3 is 14.7 Å². The Balaban J connectivity index is 2.46. The SMILES string of the molecule is CC1(C)CN(c2nc(Cl)cc(Cl)c2C(=O)O)CCO1. The van der Waals surface area contributed by atoms with Crippen LogP contribution in [-0.4, -0.2) is 41.4 Å². The number of aromatic nitrogens is 1. The van der Waals surface area contributed by atoms with Crippen LogP contribution in [0.25, 0.3) is 0 Å². The lowest BCUT2D eigenvalue weighted by molar-refractivity contribution is -0.0279. The fourth-order valence-corrected chi connectivity index (χ4v) is 2.61. The Morgan fingerprint density at radius 1 is 1.53 bits per heavy atom. The van der Waals surface area contributed by atoms with E-state index < -0.39 is 5.97 Å². The summed E-state index contributed by atoms with van der Waals surface area (Å²) in [7, 11) is 0. The molecule has 0 aliphatic carbocycles. The molecule has 1 aliphatic heterocycles. The zero-order valence-electron chi connectivity index (χ0n) is 10.6. The average molecular weight is 305 g/mol. The second kappa shape index (κ2) is 5.15. The van der Waals surface area contributed by atoms with Crippen LogP contribution in [0.5, 0.6) is 0 Å². The van der Waals surface area contributed by atoms with Gasteiger partial charge in [0, 0.05) is 13.1 Å². The van der Waals surface area contributed by atoms with E-state index in [1.54, 1.807) is 0 Å². The average Bonchev–Trinajstić information content (AvgIpc) is 2.25. The van der Waals surface area contributed by atoms with Crippen molar-refractivity contribution in [1.82, 2.24) is 4.98 Å². The molecule has 0 unspecified atom stereocenters. The summed E-state index contributed by atoms with van der Waals surface area (Å²) >= 11 is 11.8.